The normalized spacial score (nSPS) is 17.6. The van der Waals surface area contributed by atoms with Crippen LogP contribution in [0.5, 0.6) is 0 Å². The standard InChI is InChI=1S/C15H21F3N2.ClH/c1-10(2)7-14(20-5-3-19-4-6-20)15-12(17)8-11(16)9-13(15)18;/h8-10,14,19H,3-7H2,1-2H3;1H/t14-;/m1./s1. The molecule has 0 aromatic heterocycles. The zero-order valence-electron chi connectivity index (χ0n) is 12.3. The van der Waals surface area contributed by atoms with E-state index in [1.807, 2.05) is 13.8 Å². The fourth-order valence-electron chi connectivity index (χ4n) is 2.76. The van der Waals surface area contributed by atoms with Crippen molar-refractivity contribution in [1.29, 1.82) is 0 Å². The number of rotatable bonds is 4. The minimum Gasteiger partial charge on any atom is -0.314 e. The van der Waals surface area contributed by atoms with Gasteiger partial charge in [0.15, 0.2) is 0 Å². The maximum atomic E-state index is 14.0. The number of hydrogen-bond acceptors (Lipinski definition) is 2. The van der Waals surface area contributed by atoms with Crippen molar-refractivity contribution >= 4 is 12.4 Å². The molecular weight excluding hydrogens is 301 g/mol. The van der Waals surface area contributed by atoms with E-state index in [1.54, 1.807) is 0 Å². The van der Waals surface area contributed by atoms with Crippen LogP contribution in [0.1, 0.15) is 31.9 Å². The Labute approximate surface area is 130 Å². The van der Waals surface area contributed by atoms with E-state index in [4.69, 9.17) is 0 Å². The summed E-state index contributed by atoms with van der Waals surface area (Å²) in [5, 5.41) is 3.22. The van der Waals surface area contributed by atoms with Gasteiger partial charge in [-0.3, -0.25) is 4.90 Å². The molecular formula is C15H22ClF3N2. The van der Waals surface area contributed by atoms with Crippen molar-refractivity contribution < 1.29 is 13.2 Å². The van der Waals surface area contributed by atoms with Crippen molar-refractivity contribution in [1.82, 2.24) is 10.2 Å². The van der Waals surface area contributed by atoms with Crippen LogP contribution in [0.15, 0.2) is 12.1 Å². The smallest absolute Gasteiger partial charge is 0.133 e. The monoisotopic (exact) mass is 322 g/mol. The van der Waals surface area contributed by atoms with E-state index in [1.165, 1.54) is 0 Å². The molecule has 0 saturated carbocycles. The number of piperazine rings is 1. The molecule has 2 rings (SSSR count). The predicted molar refractivity (Wildman–Crippen MR) is 80.2 cm³/mol. The predicted octanol–water partition coefficient (Wildman–Crippen LogP) is 3.52. The van der Waals surface area contributed by atoms with Gasteiger partial charge in [-0.2, -0.15) is 0 Å². The molecule has 0 radical (unpaired) electrons. The number of benzene rings is 1. The van der Waals surface area contributed by atoms with E-state index >= 15 is 0 Å². The van der Waals surface area contributed by atoms with Crippen molar-refractivity contribution in [3.05, 3.63) is 35.1 Å². The Morgan fingerprint density at radius 1 is 1.10 bits per heavy atom. The maximum absolute atomic E-state index is 14.0. The van der Waals surface area contributed by atoms with Crippen LogP contribution in [0.3, 0.4) is 0 Å². The van der Waals surface area contributed by atoms with Gasteiger partial charge in [0, 0.05) is 49.9 Å². The number of nitrogens with one attached hydrogen (secondary N) is 1. The molecule has 0 bridgehead atoms. The highest BCUT2D eigenvalue weighted by Crippen LogP contribution is 2.32. The van der Waals surface area contributed by atoms with Crippen LogP contribution in [0, 0.1) is 23.4 Å². The first-order valence-corrected chi connectivity index (χ1v) is 7.08. The molecule has 0 spiro atoms. The Bertz CT molecular complexity index is 439. The van der Waals surface area contributed by atoms with Gasteiger partial charge in [-0.15, -0.1) is 12.4 Å². The summed E-state index contributed by atoms with van der Waals surface area (Å²) in [7, 11) is 0. The lowest BCUT2D eigenvalue weighted by molar-refractivity contribution is 0.147. The lowest BCUT2D eigenvalue weighted by atomic mass is 9.94. The Hall–Kier alpha value is -0.780. The van der Waals surface area contributed by atoms with Crippen molar-refractivity contribution in [2.24, 2.45) is 5.92 Å². The highest BCUT2D eigenvalue weighted by atomic mass is 35.5. The van der Waals surface area contributed by atoms with Crippen molar-refractivity contribution in [3.63, 3.8) is 0 Å². The molecule has 1 saturated heterocycles. The lowest BCUT2D eigenvalue weighted by Gasteiger charge is -2.36. The van der Waals surface area contributed by atoms with E-state index in [9.17, 15) is 13.2 Å². The first kappa shape index (κ1) is 18.3. The summed E-state index contributed by atoms with van der Waals surface area (Å²) in [4.78, 5) is 2.08. The van der Waals surface area contributed by atoms with E-state index in [2.05, 4.69) is 10.2 Å². The molecule has 1 aromatic rings. The molecule has 0 aliphatic carbocycles. The van der Waals surface area contributed by atoms with Gasteiger partial charge in [0.25, 0.3) is 0 Å². The third-order valence-electron chi connectivity index (χ3n) is 3.66. The van der Waals surface area contributed by atoms with Crippen LogP contribution in [-0.2, 0) is 0 Å². The van der Waals surface area contributed by atoms with E-state index < -0.39 is 17.5 Å². The fourth-order valence-corrected chi connectivity index (χ4v) is 2.76. The van der Waals surface area contributed by atoms with Gasteiger partial charge in [0.05, 0.1) is 0 Å². The average molecular weight is 323 g/mol. The molecule has 0 unspecified atom stereocenters. The molecule has 1 atom stereocenters. The fraction of sp³-hybridized carbons (Fsp3) is 0.600. The van der Waals surface area contributed by atoms with Gasteiger partial charge in [-0.25, -0.2) is 13.2 Å². The third-order valence-corrected chi connectivity index (χ3v) is 3.66. The average Bonchev–Trinajstić information content (AvgIpc) is 2.37. The Kier molecular flexibility index (Phi) is 6.97. The summed E-state index contributed by atoms with van der Waals surface area (Å²) in [6, 6.07) is 1.21. The zero-order chi connectivity index (χ0) is 14.7. The van der Waals surface area contributed by atoms with Crippen LogP contribution in [0.4, 0.5) is 13.2 Å². The summed E-state index contributed by atoms with van der Waals surface area (Å²) >= 11 is 0. The van der Waals surface area contributed by atoms with Crippen molar-refractivity contribution in [2.45, 2.75) is 26.3 Å². The molecule has 1 fully saturated rings. The van der Waals surface area contributed by atoms with Gasteiger partial charge in [0.1, 0.15) is 17.5 Å². The van der Waals surface area contributed by atoms with Crippen LogP contribution in [0.25, 0.3) is 0 Å². The molecule has 120 valence electrons. The second-order valence-electron chi connectivity index (χ2n) is 5.71. The van der Waals surface area contributed by atoms with Gasteiger partial charge >= 0.3 is 0 Å². The second-order valence-corrected chi connectivity index (χ2v) is 5.71. The summed E-state index contributed by atoms with van der Waals surface area (Å²) in [5.74, 6) is -2.13. The maximum Gasteiger partial charge on any atom is 0.133 e. The molecule has 1 N–H and O–H groups in total. The second kappa shape index (κ2) is 8.01. The molecule has 2 nitrogen and oxygen atoms in total. The molecule has 1 aromatic carbocycles. The topological polar surface area (TPSA) is 15.3 Å². The third kappa shape index (κ3) is 4.59. The quantitative estimate of drug-likeness (QED) is 0.912. The molecule has 6 heteroatoms. The Balaban J connectivity index is 0.00000220. The SMILES string of the molecule is CC(C)C[C@H](c1c(F)cc(F)cc1F)N1CCNCC1.Cl. The summed E-state index contributed by atoms with van der Waals surface area (Å²) in [5.41, 5.74) is 0.00185. The minimum absolute atomic E-state index is 0. The summed E-state index contributed by atoms with van der Waals surface area (Å²) < 4.78 is 41.2. The highest BCUT2D eigenvalue weighted by Gasteiger charge is 2.28. The molecule has 1 aliphatic heterocycles. The van der Waals surface area contributed by atoms with Crippen LogP contribution >= 0.6 is 12.4 Å². The van der Waals surface area contributed by atoms with Gasteiger partial charge < -0.3 is 5.32 Å². The van der Waals surface area contributed by atoms with Gasteiger partial charge in [-0.05, 0) is 12.3 Å². The summed E-state index contributed by atoms with van der Waals surface area (Å²) in [6.45, 7) is 7.14. The van der Waals surface area contributed by atoms with E-state index in [-0.39, 0.29) is 24.0 Å². The Morgan fingerprint density at radius 2 is 1.62 bits per heavy atom. The number of hydrogen-bond donors (Lipinski definition) is 1. The van der Waals surface area contributed by atoms with E-state index in [0.717, 1.165) is 38.3 Å². The molecule has 1 aliphatic rings. The zero-order valence-corrected chi connectivity index (χ0v) is 13.2. The largest absolute Gasteiger partial charge is 0.314 e. The van der Waals surface area contributed by atoms with Crippen LogP contribution in [0.2, 0.25) is 0 Å². The molecule has 1 heterocycles. The minimum atomic E-state index is -0.868. The highest BCUT2D eigenvalue weighted by molar-refractivity contribution is 5.85. The summed E-state index contributed by atoms with van der Waals surface area (Å²) in [6.07, 6.45) is 0.652. The van der Waals surface area contributed by atoms with Crippen LogP contribution < -0.4 is 5.32 Å². The Morgan fingerprint density at radius 3 is 2.10 bits per heavy atom. The van der Waals surface area contributed by atoms with E-state index in [0.29, 0.717) is 12.3 Å². The van der Waals surface area contributed by atoms with Crippen molar-refractivity contribution in [3.8, 4) is 0 Å². The molecule has 0 amide bonds. The lowest BCUT2D eigenvalue weighted by Crippen LogP contribution is -2.45. The van der Waals surface area contributed by atoms with Gasteiger partial charge in [-0.1, -0.05) is 13.8 Å². The number of nitrogens with zero attached hydrogens (tertiary/aromatic N) is 1. The first-order chi connectivity index (χ1) is 9.49. The first-order valence-electron chi connectivity index (χ1n) is 7.08. The molecule has 21 heavy (non-hydrogen) atoms. The van der Waals surface area contributed by atoms with Crippen molar-refractivity contribution in [2.75, 3.05) is 26.2 Å². The number of halogens is 4. The van der Waals surface area contributed by atoms with Crippen LogP contribution in [-0.4, -0.2) is 31.1 Å². The van der Waals surface area contributed by atoms with Gasteiger partial charge in [0.2, 0.25) is 0 Å².